The molecular weight excluding hydrogens is 468 g/mol. The third kappa shape index (κ3) is 3.52. The van der Waals surface area contributed by atoms with Gasteiger partial charge in [-0.2, -0.15) is 0 Å². The molecule has 0 amide bonds. The SMILES string of the molecule is C/C=C(\C)C(=O)O[C@@H]1c2cc3c(c(OC)c2-c2c(cc4c(c2OC)OCO4)C[C@H](C)[C@]1(C)O)OCO3. The van der Waals surface area contributed by atoms with Gasteiger partial charge < -0.3 is 38.3 Å². The van der Waals surface area contributed by atoms with Crippen LogP contribution in [0.2, 0.25) is 0 Å². The first-order chi connectivity index (χ1) is 17.2. The Bertz CT molecular complexity index is 1260. The first-order valence-electron chi connectivity index (χ1n) is 11.8. The summed E-state index contributed by atoms with van der Waals surface area (Å²) in [5.41, 5.74) is 1.59. The van der Waals surface area contributed by atoms with Gasteiger partial charge in [0.15, 0.2) is 29.1 Å². The minimum Gasteiger partial charge on any atom is -0.492 e. The number of fused-ring (bicyclic) bond motifs is 5. The van der Waals surface area contributed by atoms with Crippen molar-refractivity contribution in [3.8, 4) is 45.6 Å². The number of esters is 1. The molecule has 3 aliphatic rings. The zero-order valence-electron chi connectivity index (χ0n) is 21.2. The third-order valence-electron chi connectivity index (χ3n) is 7.33. The van der Waals surface area contributed by atoms with Crippen molar-refractivity contribution in [3.05, 3.63) is 34.9 Å². The number of allylic oxidation sites excluding steroid dienone is 1. The second-order valence-electron chi connectivity index (χ2n) is 9.37. The van der Waals surface area contributed by atoms with Gasteiger partial charge in [0.2, 0.25) is 25.1 Å². The normalized spacial score (nSPS) is 23.8. The van der Waals surface area contributed by atoms with E-state index >= 15 is 0 Å². The van der Waals surface area contributed by atoms with E-state index in [1.807, 2.05) is 13.0 Å². The summed E-state index contributed by atoms with van der Waals surface area (Å²) in [5, 5.41) is 11.9. The van der Waals surface area contributed by atoms with Crippen molar-refractivity contribution < 1.29 is 43.1 Å². The van der Waals surface area contributed by atoms with Crippen LogP contribution in [0.25, 0.3) is 11.1 Å². The third-order valence-corrected chi connectivity index (χ3v) is 7.33. The van der Waals surface area contributed by atoms with Crippen molar-refractivity contribution in [2.75, 3.05) is 27.8 Å². The molecule has 0 radical (unpaired) electrons. The molecule has 3 atom stereocenters. The standard InChI is InChI=1S/C27H30O9/c1-7-13(2)26(28)36-25-16-10-18-22(35-12-33-18)24(31-6)20(16)19-15(8-14(3)27(25,4)29)9-17-21(23(19)30-5)34-11-32-17/h7,9-10,14,25,29H,8,11-12H2,1-6H3/b13-7+/t14-,25+,27-/m0/s1. The summed E-state index contributed by atoms with van der Waals surface area (Å²) < 4.78 is 40.7. The maximum absolute atomic E-state index is 13.0. The zero-order valence-corrected chi connectivity index (χ0v) is 21.2. The molecule has 9 nitrogen and oxygen atoms in total. The lowest BCUT2D eigenvalue weighted by Crippen LogP contribution is -2.44. The monoisotopic (exact) mass is 498 g/mol. The largest absolute Gasteiger partial charge is 0.492 e. The average Bonchev–Trinajstić information content (AvgIpc) is 3.53. The maximum Gasteiger partial charge on any atom is 0.334 e. The van der Waals surface area contributed by atoms with Gasteiger partial charge in [-0.25, -0.2) is 4.79 Å². The molecule has 0 saturated heterocycles. The molecule has 192 valence electrons. The Balaban J connectivity index is 1.88. The number of aliphatic hydroxyl groups is 1. The highest BCUT2D eigenvalue weighted by atomic mass is 16.7. The fourth-order valence-corrected chi connectivity index (χ4v) is 4.99. The molecule has 9 heteroatoms. The van der Waals surface area contributed by atoms with E-state index in [1.54, 1.807) is 40.0 Å². The molecule has 2 aliphatic heterocycles. The summed E-state index contributed by atoms with van der Waals surface area (Å²) in [5.74, 6) is 1.86. The van der Waals surface area contributed by atoms with E-state index in [1.165, 1.54) is 7.11 Å². The average molecular weight is 499 g/mol. The molecule has 0 unspecified atom stereocenters. The van der Waals surface area contributed by atoms with Crippen LogP contribution in [0.5, 0.6) is 34.5 Å². The van der Waals surface area contributed by atoms with Gasteiger partial charge in [-0.15, -0.1) is 0 Å². The number of benzene rings is 2. The number of hydrogen-bond donors (Lipinski definition) is 1. The predicted molar refractivity (Wildman–Crippen MR) is 129 cm³/mol. The van der Waals surface area contributed by atoms with Gasteiger partial charge in [0.1, 0.15) is 5.60 Å². The number of carbonyl (C=O) groups excluding carboxylic acids is 1. The lowest BCUT2D eigenvalue weighted by molar-refractivity contribution is -0.166. The first kappa shape index (κ1) is 24.1. The number of carbonyl (C=O) groups is 1. The van der Waals surface area contributed by atoms with E-state index in [0.29, 0.717) is 63.2 Å². The van der Waals surface area contributed by atoms with Crippen LogP contribution in [0.15, 0.2) is 23.8 Å². The minimum absolute atomic E-state index is 0.00858. The van der Waals surface area contributed by atoms with Gasteiger partial charge >= 0.3 is 5.97 Å². The van der Waals surface area contributed by atoms with Crippen molar-refractivity contribution in [2.24, 2.45) is 5.92 Å². The van der Waals surface area contributed by atoms with Crippen molar-refractivity contribution in [1.82, 2.24) is 0 Å². The van der Waals surface area contributed by atoms with Gasteiger partial charge in [-0.3, -0.25) is 0 Å². The highest BCUT2D eigenvalue weighted by molar-refractivity contribution is 5.91. The fraction of sp³-hybridized carbons (Fsp3) is 0.444. The van der Waals surface area contributed by atoms with Gasteiger partial charge in [0.05, 0.1) is 14.2 Å². The lowest BCUT2D eigenvalue weighted by Gasteiger charge is -2.41. The zero-order chi connectivity index (χ0) is 25.8. The summed E-state index contributed by atoms with van der Waals surface area (Å²) in [4.78, 5) is 13.0. The van der Waals surface area contributed by atoms with Gasteiger partial charge in [-0.1, -0.05) is 13.0 Å². The number of hydrogen-bond acceptors (Lipinski definition) is 9. The maximum atomic E-state index is 13.0. The van der Waals surface area contributed by atoms with E-state index < -0.39 is 17.7 Å². The van der Waals surface area contributed by atoms with Crippen LogP contribution in [0.3, 0.4) is 0 Å². The van der Waals surface area contributed by atoms with E-state index in [4.69, 9.17) is 33.2 Å². The smallest absolute Gasteiger partial charge is 0.334 e. The number of methoxy groups -OCH3 is 2. The summed E-state index contributed by atoms with van der Waals surface area (Å²) in [6.07, 6.45) is 1.04. The van der Waals surface area contributed by atoms with Gasteiger partial charge in [-0.05, 0) is 50.8 Å². The summed E-state index contributed by atoms with van der Waals surface area (Å²) in [6, 6.07) is 3.64. The van der Waals surface area contributed by atoms with Crippen molar-refractivity contribution in [2.45, 2.75) is 45.8 Å². The van der Waals surface area contributed by atoms with Gasteiger partial charge in [0.25, 0.3) is 0 Å². The second kappa shape index (κ2) is 8.81. The molecule has 2 heterocycles. The topological polar surface area (TPSA) is 102 Å². The summed E-state index contributed by atoms with van der Waals surface area (Å²) in [7, 11) is 3.09. The molecule has 0 spiro atoms. The van der Waals surface area contributed by atoms with Crippen molar-refractivity contribution >= 4 is 5.97 Å². The molecular formula is C27H30O9. The van der Waals surface area contributed by atoms with E-state index in [0.717, 1.165) is 5.56 Å². The number of ether oxygens (including phenoxy) is 7. The lowest BCUT2D eigenvalue weighted by atomic mass is 9.73. The summed E-state index contributed by atoms with van der Waals surface area (Å²) in [6.45, 7) is 7.10. The van der Waals surface area contributed by atoms with Gasteiger partial charge in [0, 0.05) is 22.3 Å². The Hall–Kier alpha value is -3.59. The van der Waals surface area contributed by atoms with E-state index in [2.05, 4.69) is 0 Å². The Kier molecular flexibility index (Phi) is 5.90. The van der Waals surface area contributed by atoms with Crippen molar-refractivity contribution in [3.63, 3.8) is 0 Å². The minimum atomic E-state index is -1.46. The highest BCUT2D eigenvalue weighted by Gasteiger charge is 2.47. The van der Waals surface area contributed by atoms with Crippen LogP contribution in [-0.2, 0) is 16.0 Å². The van der Waals surface area contributed by atoms with Crippen LogP contribution in [0.1, 0.15) is 44.9 Å². The molecule has 1 aliphatic carbocycles. The Labute approximate surface area is 209 Å². The Morgan fingerprint density at radius 3 is 2.19 bits per heavy atom. The predicted octanol–water partition coefficient (Wildman–Crippen LogP) is 4.32. The van der Waals surface area contributed by atoms with E-state index in [-0.39, 0.29) is 19.5 Å². The van der Waals surface area contributed by atoms with Crippen LogP contribution < -0.4 is 28.4 Å². The number of rotatable bonds is 4. The second-order valence-corrected chi connectivity index (χ2v) is 9.37. The summed E-state index contributed by atoms with van der Waals surface area (Å²) >= 11 is 0. The van der Waals surface area contributed by atoms with Crippen LogP contribution >= 0.6 is 0 Å². The molecule has 5 rings (SSSR count). The van der Waals surface area contributed by atoms with Crippen LogP contribution in [-0.4, -0.2) is 44.5 Å². The molecule has 2 aromatic rings. The fourth-order valence-electron chi connectivity index (χ4n) is 4.99. The Morgan fingerprint density at radius 2 is 1.61 bits per heavy atom. The highest BCUT2D eigenvalue weighted by Crippen LogP contribution is 2.59. The van der Waals surface area contributed by atoms with Crippen LogP contribution in [0.4, 0.5) is 0 Å². The molecule has 36 heavy (non-hydrogen) atoms. The molecule has 0 aromatic heterocycles. The molecule has 2 aromatic carbocycles. The molecule has 0 fully saturated rings. The van der Waals surface area contributed by atoms with E-state index in [9.17, 15) is 9.90 Å². The quantitative estimate of drug-likeness (QED) is 0.488. The van der Waals surface area contributed by atoms with Crippen molar-refractivity contribution in [1.29, 1.82) is 0 Å². The molecule has 0 bridgehead atoms. The molecule has 1 N–H and O–H groups in total. The first-order valence-corrected chi connectivity index (χ1v) is 11.8. The van der Waals surface area contributed by atoms with Crippen LogP contribution in [0, 0.1) is 5.92 Å². The Morgan fingerprint density at radius 1 is 1.03 bits per heavy atom. The molecule has 0 saturated carbocycles.